The van der Waals surface area contributed by atoms with Crippen LogP contribution in [0.25, 0.3) is 0 Å². The lowest BCUT2D eigenvalue weighted by atomic mass is 10.2. The van der Waals surface area contributed by atoms with Crippen molar-refractivity contribution in [2.45, 2.75) is 33.4 Å². The summed E-state index contributed by atoms with van der Waals surface area (Å²) in [6.07, 6.45) is 1.83. The molecule has 0 amide bonds. The number of piperazine rings is 1. The highest BCUT2D eigenvalue weighted by molar-refractivity contribution is 5.15. The average Bonchev–Trinajstić information content (AvgIpc) is 3.25. The Morgan fingerprint density at radius 1 is 0.966 bits per heavy atom. The second-order valence-corrected chi connectivity index (χ2v) is 6.56. The van der Waals surface area contributed by atoms with Crippen LogP contribution in [0, 0.1) is 5.82 Å². The van der Waals surface area contributed by atoms with E-state index in [1.807, 2.05) is 26.2 Å². The monoisotopic (exact) mass is 397 g/mol. The first-order valence-electron chi connectivity index (χ1n) is 10.3. The summed E-state index contributed by atoms with van der Waals surface area (Å²) in [5.74, 6) is 0.873. The van der Waals surface area contributed by atoms with Crippen LogP contribution in [0.1, 0.15) is 38.2 Å². The van der Waals surface area contributed by atoms with Gasteiger partial charge in [0.1, 0.15) is 18.0 Å². The van der Waals surface area contributed by atoms with Crippen molar-refractivity contribution in [2.75, 3.05) is 26.2 Å². The molecule has 0 bridgehead atoms. The van der Waals surface area contributed by atoms with Crippen LogP contribution in [0.3, 0.4) is 0 Å². The molecule has 0 radical (unpaired) electrons. The largest absolute Gasteiger partial charge is 0.314 e. The van der Waals surface area contributed by atoms with E-state index in [-0.39, 0.29) is 5.82 Å². The van der Waals surface area contributed by atoms with E-state index >= 15 is 0 Å². The van der Waals surface area contributed by atoms with Gasteiger partial charge >= 0.3 is 0 Å². The molecule has 0 spiro atoms. The summed E-state index contributed by atoms with van der Waals surface area (Å²) < 4.78 is 14.1. The molecule has 2 aromatic carbocycles. The molecule has 3 aromatic rings. The predicted molar refractivity (Wildman–Crippen MR) is 116 cm³/mol. The SMILES string of the molecule is CC.CC(c1nncn1Cc1ccccc1)N1CCNCC1.Fc1ccccc1. The Morgan fingerprint density at radius 3 is 2.10 bits per heavy atom. The molecule has 0 saturated carbocycles. The summed E-state index contributed by atoms with van der Waals surface area (Å²) in [6.45, 7) is 11.3. The van der Waals surface area contributed by atoms with Crippen LogP contribution in [0.4, 0.5) is 4.39 Å². The lowest BCUT2D eigenvalue weighted by molar-refractivity contribution is 0.176. The maximum Gasteiger partial charge on any atom is 0.150 e. The van der Waals surface area contributed by atoms with Crippen molar-refractivity contribution in [1.82, 2.24) is 25.0 Å². The van der Waals surface area contributed by atoms with Gasteiger partial charge in [-0.1, -0.05) is 62.4 Å². The number of nitrogens with one attached hydrogen (secondary N) is 1. The summed E-state index contributed by atoms with van der Waals surface area (Å²) >= 11 is 0. The number of halogens is 1. The molecule has 156 valence electrons. The van der Waals surface area contributed by atoms with E-state index in [4.69, 9.17) is 0 Å². The minimum atomic E-state index is -0.178. The Labute approximate surface area is 173 Å². The van der Waals surface area contributed by atoms with Crippen molar-refractivity contribution in [3.63, 3.8) is 0 Å². The minimum Gasteiger partial charge on any atom is -0.314 e. The van der Waals surface area contributed by atoms with Gasteiger partial charge in [-0.15, -0.1) is 10.2 Å². The third-order valence-electron chi connectivity index (χ3n) is 4.65. The van der Waals surface area contributed by atoms with E-state index < -0.39 is 0 Å². The second kappa shape index (κ2) is 12.8. The zero-order valence-electron chi connectivity index (χ0n) is 17.6. The highest BCUT2D eigenvalue weighted by atomic mass is 19.1. The molecular weight excluding hydrogens is 365 g/mol. The molecular formula is C23H32FN5. The highest BCUT2D eigenvalue weighted by Gasteiger charge is 2.22. The predicted octanol–water partition coefficient (Wildman–Crippen LogP) is 4.14. The van der Waals surface area contributed by atoms with Crippen molar-refractivity contribution >= 4 is 0 Å². The van der Waals surface area contributed by atoms with Crippen molar-refractivity contribution in [3.8, 4) is 0 Å². The molecule has 1 saturated heterocycles. The number of aromatic nitrogens is 3. The van der Waals surface area contributed by atoms with Crippen molar-refractivity contribution in [2.24, 2.45) is 0 Å². The molecule has 1 fully saturated rings. The van der Waals surface area contributed by atoms with Gasteiger partial charge in [-0.05, 0) is 24.6 Å². The zero-order chi connectivity index (χ0) is 20.9. The number of rotatable bonds is 4. The summed E-state index contributed by atoms with van der Waals surface area (Å²) in [7, 11) is 0. The molecule has 1 atom stereocenters. The van der Waals surface area contributed by atoms with Gasteiger partial charge in [0.05, 0.1) is 12.6 Å². The van der Waals surface area contributed by atoms with Crippen molar-refractivity contribution < 1.29 is 4.39 Å². The van der Waals surface area contributed by atoms with Gasteiger partial charge in [0.15, 0.2) is 0 Å². The Morgan fingerprint density at radius 2 is 1.55 bits per heavy atom. The fraction of sp³-hybridized carbons (Fsp3) is 0.391. The molecule has 4 rings (SSSR count). The van der Waals surface area contributed by atoms with E-state index in [0.717, 1.165) is 38.5 Å². The Bertz CT molecular complexity index is 785. The molecule has 1 aromatic heterocycles. The molecule has 0 aliphatic carbocycles. The van der Waals surface area contributed by atoms with Crippen molar-refractivity contribution in [3.05, 3.63) is 84.2 Å². The Balaban J connectivity index is 0.000000280. The standard InChI is InChI=1S/C15H21N5.C6H5F.C2H6/c1-13(19-9-7-16-8-10-19)15-18-17-12-20(15)11-14-5-3-2-4-6-14;7-6-4-2-1-3-5-6;1-2/h2-6,12-13,16H,7-11H2,1H3;1-5H;1-2H3. The van der Waals surface area contributed by atoms with Crippen LogP contribution in [-0.2, 0) is 6.54 Å². The van der Waals surface area contributed by atoms with Crippen LogP contribution in [0.15, 0.2) is 67.0 Å². The molecule has 1 N–H and O–H groups in total. The summed E-state index contributed by atoms with van der Waals surface area (Å²) in [5, 5.41) is 11.8. The Hall–Kier alpha value is -2.57. The fourth-order valence-electron chi connectivity index (χ4n) is 3.14. The van der Waals surface area contributed by atoms with Gasteiger partial charge in [-0.3, -0.25) is 4.90 Å². The first-order chi connectivity index (χ1) is 14.2. The van der Waals surface area contributed by atoms with Gasteiger partial charge in [0.2, 0.25) is 0 Å². The summed E-state index contributed by atoms with van der Waals surface area (Å²) in [6, 6.07) is 18.7. The van der Waals surface area contributed by atoms with E-state index in [0.29, 0.717) is 6.04 Å². The molecule has 1 unspecified atom stereocenters. The maximum atomic E-state index is 11.9. The Kier molecular flexibility index (Phi) is 10.0. The summed E-state index contributed by atoms with van der Waals surface area (Å²) in [4.78, 5) is 2.46. The normalized spacial score (nSPS) is 14.8. The average molecular weight is 398 g/mol. The topological polar surface area (TPSA) is 46.0 Å². The van der Waals surface area contributed by atoms with Crippen LogP contribution < -0.4 is 5.32 Å². The fourth-order valence-corrected chi connectivity index (χ4v) is 3.14. The molecule has 1 aliphatic rings. The second-order valence-electron chi connectivity index (χ2n) is 6.56. The lowest BCUT2D eigenvalue weighted by Gasteiger charge is -2.32. The maximum absolute atomic E-state index is 11.9. The molecule has 29 heavy (non-hydrogen) atoms. The number of hydrogen-bond acceptors (Lipinski definition) is 4. The first kappa shape index (κ1) is 22.7. The highest BCUT2D eigenvalue weighted by Crippen LogP contribution is 2.19. The van der Waals surface area contributed by atoms with Gasteiger partial charge in [0, 0.05) is 26.2 Å². The molecule has 6 heteroatoms. The number of hydrogen-bond donors (Lipinski definition) is 1. The van der Waals surface area contributed by atoms with Crippen LogP contribution in [-0.4, -0.2) is 45.8 Å². The van der Waals surface area contributed by atoms with E-state index in [9.17, 15) is 4.39 Å². The van der Waals surface area contributed by atoms with Crippen LogP contribution >= 0.6 is 0 Å². The summed E-state index contributed by atoms with van der Waals surface area (Å²) in [5.41, 5.74) is 1.28. The number of benzene rings is 2. The molecule has 1 aliphatic heterocycles. The van der Waals surface area contributed by atoms with E-state index in [1.165, 1.54) is 17.7 Å². The third kappa shape index (κ3) is 7.40. The third-order valence-corrected chi connectivity index (χ3v) is 4.65. The first-order valence-corrected chi connectivity index (χ1v) is 10.3. The van der Waals surface area contributed by atoms with E-state index in [2.05, 4.69) is 56.2 Å². The quantitative estimate of drug-likeness (QED) is 0.719. The minimum absolute atomic E-state index is 0.178. The van der Waals surface area contributed by atoms with E-state index in [1.54, 1.807) is 18.2 Å². The smallest absolute Gasteiger partial charge is 0.150 e. The van der Waals surface area contributed by atoms with Crippen LogP contribution in [0.5, 0.6) is 0 Å². The lowest BCUT2D eigenvalue weighted by Crippen LogP contribution is -2.45. The molecule has 2 heterocycles. The molecule has 5 nitrogen and oxygen atoms in total. The van der Waals surface area contributed by atoms with Gasteiger partial charge in [-0.2, -0.15) is 0 Å². The van der Waals surface area contributed by atoms with Gasteiger partial charge in [0.25, 0.3) is 0 Å². The van der Waals surface area contributed by atoms with Gasteiger partial charge in [-0.25, -0.2) is 4.39 Å². The number of nitrogens with zero attached hydrogens (tertiary/aromatic N) is 4. The zero-order valence-corrected chi connectivity index (χ0v) is 17.6. The van der Waals surface area contributed by atoms with Crippen molar-refractivity contribution in [1.29, 1.82) is 0 Å². The van der Waals surface area contributed by atoms with Crippen LogP contribution in [0.2, 0.25) is 0 Å². The van der Waals surface area contributed by atoms with Gasteiger partial charge < -0.3 is 9.88 Å².